The standard InChI is InChI=1S/C16H22N2O3/c1-15(2)8-12-11(13(19)9-15)10-17-14(18-12)16(20-3)4-6-21-7-5-16/h10H,4-9H2,1-3H3. The number of nitrogens with zero attached hydrogens (tertiary/aromatic N) is 2. The summed E-state index contributed by atoms with van der Waals surface area (Å²) in [6.07, 6.45) is 4.55. The molecule has 1 aromatic heterocycles. The Labute approximate surface area is 125 Å². The van der Waals surface area contributed by atoms with E-state index >= 15 is 0 Å². The maximum Gasteiger partial charge on any atom is 0.166 e. The molecule has 0 aromatic carbocycles. The Hall–Kier alpha value is -1.33. The molecular weight excluding hydrogens is 268 g/mol. The second kappa shape index (κ2) is 5.14. The maximum absolute atomic E-state index is 12.2. The van der Waals surface area contributed by atoms with Gasteiger partial charge < -0.3 is 9.47 Å². The smallest absolute Gasteiger partial charge is 0.166 e. The third-order valence-corrected chi connectivity index (χ3v) is 4.55. The Morgan fingerprint density at radius 1 is 1.24 bits per heavy atom. The maximum atomic E-state index is 12.2. The molecule has 1 aromatic rings. The van der Waals surface area contributed by atoms with Gasteiger partial charge in [0, 0.05) is 45.8 Å². The lowest BCUT2D eigenvalue weighted by Crippen LogP contribution is -2.38. The first-order valence-corrected chi connectivity index (χ1v) is 7.48. The van der Waals surface area contributed by atoms with Gasteiger partial charge in [-0.05, 0) is 11.8 Å². The SMILES string of the molecule is COC1(c2ncc3c(n2)CC(C)(C)CC3=O)CCOCC1. The number of fused-ring (bicyclic) bond motifs is 1. The number of carbonyl (C=O) groups is 1. The summed E-state index contributed by atoms with van der Waals surface area (Å²) in [4.78, 5) is 21.4. The first-order chi connectivity index (χ1) is 9.96. The quantitative estimate of drug-likeness (QED) is 0.836. The van der Waals surface area contributed by atoms with Crippen molar-refractivity contribution in [2.24, 2.45) is 5.41 Å². The van der Waals surface area contributed by atoms with Gasteiger partial charge in [0.1, 0.15) is 5.60 Å². The molecule has 2 heterocycles. The van der Waals surface area contributed by atoms with Crippen LogP contribution in [0.25, 0.3) is 0 Å². The lowest BCUT2D eigenvalue weighted by atomic mass is 9.76. The second-order valence-electron chi connectivity index (χ2n) is 6.81. The first kappa shape index (κ1) is 14.6. The molecule has 114 valence electrons. The van der Waals surface area contributed by atoms with Crippen molar-refractivity contribution in [3.63, 3.8) is 0 Å². The minimum atomic E-state index is -0.474. The van der Waals surface area contributed by atoms with Gasteiger partial charge in [-0.15, -0.1) is 0 Å². The number of carbonyl (C=O) groups excluding carboxylic acids is 1. The molecule has 0 N–H and O–H groups in total. The molecule has 0 unspecified atom stereocenters. The predicted octanol–water partition coefficient (Wildman–Crippen LogP) is 2.28. The van der Waals surface area contributed by atoms with Crippen molar-refractivity contribution in [3.8, 4) is 0 Å². The van der Waals surface area contributed by atoms with E-state index in [0.717, 1.165) is 25.0 Å². The third kappa shape index (κ3) is 2.60. The van der Waals surface area contributed by atoms with E-state index in [9.17, 15) is 4.79 Å². The highest BCUT2D eigenvalue weighted by atomic mass is 16.5. The van der Waals surface area contributed by atoms with Crippen LogP contribution < -0.4 is 0 Å². The van der Waals surface area contributed by atoms with Crippen molar-refractivity contribution >= 4 is 5.78 Å². The monoisotopic (exact) mass is 290 g/mol. The van der Waals surface area contributed by atoms with Gasteiger partial charge in [0.25, 0.3) is 0 Å². The Bertz CT molecular complexity index is 563. The van der Waals surface area contributed by atoms with Crippen molar-refractivity contribution in [1.82, 2.24) is 9.97 Å². The number of hydrogen-bond acceptors (Lipinski definition) is 5. The zero-order valence-corrected chi connectivity index (χ0v) is 12.9. The van der Waals surface area contributed by atoms with E-state index < -0.39 is 5.60 Å². The highest BCUT2D eigenvalue weighted by Gasteiger charge is 2.39. The molecule has 5 heteroatoms. The van der Waals surface area contributed by atoms with E-state index in [1.807, 2.05) is 0 Å². The predicted molar refractivity (Wildman–Crippen MR) is 77.2 cm³/mol. The van der Waals surface area contributed by atoms with E-state index in [1.165, 1.54) is 0 Å². The molecule has 1 fully saturated rings. The van der Waals surface area contributed by atoms with Gasteiger partial charge in [0.15, 0.2) is 11.6 Å². The highest BCUT2D eigenvalue weighted by molar-refractivity contribution is 5.98. The Balaban J connectivity index is 2.01. The van der Waals surface area contributed by atoms with Gasteiger partial charge in [-0.25, -0.2) is 9.97 Å². The molecule has 0 radical (unpaired) electrons. The summed E-state index contributed by atoms with van der Waals surface area (Å²) in [5.41, 5.74) is 1.03. The number of rotatable bonds is 2. The van der Waals surface area contributed by atoms with Crippen LogP contribution in [-0.2, 0) is 21.5 Å². The Morgan fingerprint density at radius 3 is 2.62 bits per heavy atom. The molecule has 1 aliphatic heterocycles. The molecule has 1 saturated heterocycles. The molecule has 0 amide bonds. The van der Waals surface area contributed by atoms with Crippen LogP contribution in [-0.4, -0.2) is 36.1 Å². The molecule has 21 heavy (non-hydrogen) atoms. The largest absolute Gasteiger partial charge is 0.381 e. The van der Waals surface area contributed by atoms with Gasteiger partial charge >= 0.3 is 0 Å². The van der Waals surface area contributed by atoms with Crippen LogP contribution >= 0.6 is 0 Å². The van der Waals surface area contributed by atoms with Crippen molar-refractivity contribution < 1.29 is 14.3 Å². The minimum absolute atomic E-state index is 0.0361. The third-order valence-electron chi connectivity index (χ3n) is 4.55. The molecule has 1 aliphatic carbocycles. The van der Waals surface area contributed by atoms with E-state index in [0.29, 0.717) is 31.0 Å². The average Bonchev–Trinajstić information content (AvgIpc) is 2.46. The number of methoxy groups -OCH3 is 1. The van der Waals surface area contributed by atoms with E-state index in [2.05, 4.69) is 18.8 Å². The number of Topliss-reactive ketones (excluding diaryl/α,β-unsaturated/α-hetero) is 1. The van der Waals surface area contributed by atoms with Crippen molar-refractivity contribution in [1.29, 1.82) is 0 Å². The van der Waals surface area contributed by atoms with Gasteiger partial charge in [0.2, 0.25) is 0 Å². The van der Waals surface area contributed by atoms with Crippen LogP contribution in [0, 0.1) is 5.41 Å². The van der Waals surface area contributed by atoms with Crippen molar-refractivity contribution in [2.45, 2.75) is 45.1 Å². The van der Waals surface area contributed by atoms with Crippen LogP contribution in [0.4, 0.5) is 0 Å². The van der Waals surface area contributed by atoms with Crippen molar-refractivity contribution in [2.75, 3.05) is 20.3 Å². The van der Waals surface area contributed by atoms with Gasteiger partial charge in [-0.3, -0.25) is 4.79 Å². The molecule has 2 aliphatic rings. The zero-order valence-electron chi connectivity index (χ0n) is 12.9. The molecular formula is C16H22N2O3. The molecule has 0 atom stereocenters. The first-order valence-electron chi connectivity index (χ1n) is 7.48. The normalized spacial score (nSPS) is 23.7. The van der Waals surface area contributed by atoms with E-state index in [1.54, 1.807) is 13.3 Å². The Kier molecular flexibility index (Phi) is 3.58. The lowest BCUT2D eigenvalue weighted by molar-refractivity contribution is -0.100. The van der Waals surface area contributed by atoms with E-state index in [4.69, 9.17) is 14.5 Å². The lowest BCUT2D eigenvalue weighted by Gasteiger charge is -2.35. The molecule has 0 spiro atoms. The van der Waals surface area contributed by atoms with Crippen LogP contribution in [0.2, 0.25) is 0 Å². The van der Waals surface area contributed by atoms with Crippen LogP contribution in [0.1, 0.15) is 55.0 Å². The average molecular weight is 290 g/mol. The minimum Gasteiger partial charge on any atom is -0.381 e. The highest BCUT2D eigenvalue weighted by Crippen LogP contribution is 2.37. The van der Waals surface area contributed by atoms with Crippen molar-refractivity contribution in [3.05, 3.63) is 23.3 Å². The van der Waals surface area contributed by atoms with Gasteiger partial charge in [-0.2, -0.15) is 0 Å². The summed E-state index contributed by atoms with van der Waals surface area (Å²) >= 11 is 0. The summed E-state index contributed by atoms with van der Waals surface area (Å²) in [6.45, 7) is 5.52. The number of ether oxygens (including phenoxy) is 2. The molecule has 0 bridgehead atoms. The fourth-order valence-corrected chi connectivity index (χ4v) is 3.27. The second-order valence-corrected chi connectivity index (χ2v) is 6.81. The zero-order chi connectivity index (χ0) is 15.1. The fourth-order valence-electron chi connectivity index (χ4n) is 3.27. The number of aromatic nitrogens is 2. The summed E-state index contributed by atoms with van der Waals surface area (Å²) in [7, 11) is 1.70. The molecule has 3 rings (SSSR count). The number of hydrogen-bond donors (Lipinski definition) is 0. The van der Waals surface area contributed by atoms with Crippen LogP contribution in [0.3, 0.4) is 0 Å². The summed E-state index contributed by atoms with van der Waals surface area (Å²) in [6, 6.07) is 0. The van der Waals surface area contributed by atoms with Gasteiger partial charge in [-0.1, -0.05) is 13.8 Å². The van der Waals surface area contributed by atoms with Crippen LogP contribution in [0.5, 0.6) is 0 Å². The number of ketones is 1. The summed E-state index contributed by atoms with van der Waals surface area (Å²) < 4.78 is 11.2. The van der Waals surface area contributed by atoms with E-state index in [-0.39, 0.29) is 11.2 Å². The molecule has 5 nitrogen and oxygen atoms in total. The topological polar surface area (TPSA) is 61.3 Å². The fraction of sp³-hybridized carbons (Fsp3) is 0.688. The van der Waals surface area contributed by atoms with Crippen LogP contribution in [0.15, 0.2) is 6.20 Å². The summed E-state index contributed by atoms with van der Waals surface area (Å²) in [5.74, 6) is 0.837. The van der Waals surface area contributed by atoms with Gasteiger partial charge in [0.05, 0.1) is 11.3 Å². The summed E-state index contributed by atoms with van der Waals surface area (Å²) in [5, 5.41) is 0. The molecule has 0 saturated carbocycles. The Morgan fingerprint density at radius 2 is 1.95 bits per heavy atom.